The van der Waals surface area contributed by atoms with Crippen molar-refractivity contribution in [3.8, 4) is 0 Å². The zero-order valence-corrected chi connectivity index (χ0v) is 11.5. The molecule has 1 aromatic rings. The van der Waals surface area contributed by atoms with E-state index in [1.54, 1.807) is 0 Å². The number of amides is 1. The van der Waals surface area contributed by atoms with Gasteiger partial charge in [-0.05, 0) is 39.8 Å². The normalized spacial score (nSPS) is 13.1. The molecule has 5 heteroatoms. The lowest BCUT2D eigenvalue weighted by atomic mass is 10.2. The number of alkyl carbamates (subject to hydrolysis) is 1. The van der Waals surface area contributed by atoms with Crippen LogP contribution in [0.5, 0.6) is 0 Å². The van der Waals surface area contributed by atoms with E-state index in [0.717, 1.165) is 12.2 Å². The van der Waals surface area contributed by atoms with Crippen LogP contribution in [0, 0.1) is 0 Å². The molecule has 0 bridgehead atoms. The summed E-state index contributed by atoms with van der Waals surface area (Å²) in [5.74, 6) is 0. The molecule has 0 radical (unpaired) electrons. The third kappa shape index (κ3) is 6.30. The summed E-state index contributed by atoms with van der Waals surface area (Å²) >= 11 is 0. The Hall–Kier alpha value is -1.49. The van der Waals surface area contributed by atoms with Gasteiger partial charge < -0.3 is 20.4 Å². The molecule has 1 atom stereocenters. The number of carbonyl (C=O) groups is 1. The van der Waals surface area contributed by atoms with Gasteiger partial charge >= 0.3 is 6.09 Å². The fraction of sp³-hybridized carbons (Fsp3) is 0.615. The van der Waals surface area contributed by atoms with Gasteiger partial charge in [0.15, 0.2) is 0 Å². The molecule has 3 N–H and O–H groups in total. The Labute approximate surface area is 108 Å². The van der Waals surface area contributed by atoms with Crippen molar-refractivity contribution in [1.29, 1.82) is 0 Å². The third-order valence-electron chi connectivity index (χ3n) is 2.25. The van der Waals surface area contributed by atoms with Crippen molar-refractivity contribution >= 4 is 6.09 Å². The highest BCUT2D eigenvalue weighted by atomic mass is 16.6. The molecule has 1 unspecified atom stereocenters. The molecule has 0 aliphatic carbocycles. The first-order valence-corrected chi connectivity index (χ1v) is 6.19. The summed E-state index contributed by atoms with van der Waals surface area (Å²) < 4.78 is 5.15. The zero-order chi connectivity index (χ0) is 13.6. The smallest absolute Gasteiger partial charge is 0.407 e. The Kier molecular flexibility index (Phi) is 5.22. The fourth-order valence-corrected chi connectivity index (χ4v) is 1.38. The Balaban J connectivity index is 2.17. The highest BCUT2D eigenvalue weighted by molar-refractivity contribution is 5.67. The second kappa shape index (κ2) is 6.44. The lowest BCUT2D eigenvalue weighted by molar-refractivity contribution is 0.0523. The Bertz CT molecular complexity index is 355. The molecule has 0 fully saturated rings. The van der Waals surface area contributed by atoms with E-state index in [2.05, 4.69) is 15.6 Å². The largest absolute Gasteiger partial charge is 0.444 e. The van der Waals surface area contributed by atoms with Crippen LogP contribution in [0.15, 0.2) is 18.3 Å². The van der Waals surface area contributed by atoms with E-state index in [-0.39, 0.29) is 12.1 Å². The number of aromatic nitrogens is 1. The molecule has 0 aliphatic heterocycles. The minimum absolute atomic E-state index is 0.181. The molecule has 0 saturated heterocycles. The Morgan fingerprint density at radius 3 is 2.78 bits per heavy atom. The fourth-order valence-electron chi connectivity index (χ4n) is 1.38. The highest BCUT2D eigenvalue weighted by Crippen LogP contribution is 2.06. The van der Waals surface area contributed by atoms with Crippen LogP contribution in [-0.4, -0.2) is 29.3 Å². The highest BCUT2D eigenvalue weighted by Gasteiger charge is 2.16. The minimum atomic E-state index is -0.453. The van der Waals surface area contributed by atoms with Gasteiger partial charge in [0.1, 0.15) is 5.60 Å². The number of aromatic amines is 1. The summed E-state index contributed by atoms with van der Waals surface area (Å²) in [7, 11) is 0. The first-order chi connectivity index (χ1) is 8.37. The molecule has 0 saturated carbocycles. The van der Waals surface area contributed by atoms with Crippen LogP contribution in [0.3, 0.4) is 0 Å². The van der Waals surface area contributed by atoms with E-state index >= 15 is 0 Å². The van der Waals surface area contributed by atoms with Gasteiger partial charge in [0.2, 0.25) is 0 Å². The van der Waals surface area contributed by atoms with Crippen molar-refractivity contribution < 1.29 is 9.53 Å². The van der Waals surface area contributed by atoms with Crippen molar-refractivity contribution in [3.63, 3.8) is 0 Å². The predicted octanol–water partition coefficient (Wildman–Crippen LogP) is 2.02. The maximum Gasteiger partial charge on any atom is 0.407 e. The lowest BCUT2D eigenvalue weighted by Gasteiger charge is -2.21. The molecular formula is C13H23N3O2. The van der Waals surface area contributed by atoms with E-state index in [1.165, 1.54) is 0 Å². The van der Waals surface area contributed by atoms with Crippen LogP contribution in [0.4, 0.5) is 4.79 Å². The number of carbonyl (C=O) groups excluding carboxylic acids is 1. The second-order valence-corrected chi connectivity index (χ2v) is 5.36. The van der Waals surface area contributed by atoms with E-state index in [4.69, 9.17) is 4.74 Å². The number of H-pyrrole nitrogens is 1. The van der Waals surface area contributed by atoms with E-state index in [9.17, 15) is 4.79 Å². The van der Waals surface area contributed by atoms with Crippen molar-refractivity contribution in [2.24, 2.45) is 0 Å². The predicted molar refractivity (Wildman–Crippen MR) is 71.3 cm³/mol. The summed E-state index contributed by atoms with van der Waals surface area (Å²) in [6, 6.07) is 4.16. The molecule has 1 amide bonds. The molecule has 0 aliphatic rings. The van der Waals surface area contributed by atoms with Gasteiger partial charge in [-0.2, -0.15) is 0 Å². The van der Waals surface area contributed by atoms with Crippen molar-refractivity contribution in [1.82, 2.24) is 15.6 Å². The van der Waals surface area contributed by atoms with Gasteiger partial charge in [-0.1, -0.05) is 0 Å². The van der Waals surface area contributed by atoms with E-state index in [0.29, 0.717) is 6.54 Å². The standard InChI is InChI=1S/C13H23N3O2/c1-10(15-9-11-6-5-7-14-11)8-16-12(17)18-13(2,3)4/h5-7,10,14-15H,8-9H2,1-4H3,(H,16,17). The number of hydrogen-bond acceptors (Lipinski definition) is 3. The minimum Gasteiger partial charge on any atom is -0.444 e. The van der Waals surface area contributed by atoms with Crippen LogP contribution >= 0.6 is 0 Å². The quantitative estimate of drug-likeness (QED) is 0.752. The first-order valence-electron chi connectivity index (χ1n) is 6.19. The van der Waals surface area contributed by atoms with Crippen LogP contribution in [0.25, 0.3) is 0 Å². The van der Waals surface area contributed by atoms with Crippen LogP contribution in [-0.2, 0) is 11.3 Å². The maximum atomic E-state index is 11.4. The SMILES string of the molecule is CC(CNC(=O)OC(C)(C)C)NCc1ccc[nH]1. The molecule has 1 rings (SSSR count). The lowest BCUT2D eigenvalue weighted by Crippen LogP contribution is -2.41. The molecule has 102 valence electrons. The maximum absolute atomic E-state index is 11.4. The molecular weight excluding hydrogens is 230 g/mol. The van der Waals surface area contributed by atoms with Crippen molar-refractivity contribution in [3.05, 3.63) is 24.0 Å². The van der Waals surface area contributed by atoms with Crippen LogP contribution in [0.2, 0.25) is 0 Å². The summed E-state index contributed by atoms with van der Waals surface area (Å²) in [6.07, 6.45) is 1.51. The zero-order valence-electron chi connectivity index (χ0n) is 11.5. The summed E-state index contributed by atoms with van der Waals surface area (Å²) in [5.41, 5.74) is 0.671. The Morgan fingerprint density at radius 1 is 1.50 bits per heavy atom. The topological polar surface area (TPSA) is 66.2 Å². The van der Waals surface area contributed by atoms with Gasteiger partial charge in [0.25, 0.3) is 0 Å². The third-order valence-corrected chi connectivity index (χ3v) is 2.25. The van der Waals surface area contributed by atoms with E-state index in [1.807, 2.05) is 46.0 Å². The van der Waals surface area contributed by atoms with Gasteiger partial charge in [-0.25, -0.2) is 4.79 Å². The summed E-state index contributed by atoms with van der Waals surface area (Å²) in [4.78, 5) is 14.5. The van der Waals surface area contributed by atoms with Gasteiger partial charge in [0, 0.05) is 31.0 Å². The molecule has 0 aromatic carbocycles. The van der Waals surface area contributed by atoms with Crippen molar-refractivity contribution in [2.45, 2.75) is 45.9 Å². The van der Waals surface area contributed by atoms with Gasteiger partial charge in [-0.15, -0.1) is 0 Å². The molecule has 18 heavy (non-hydrogen) atoms. The number of rotatable bonds is 5. The van der Waals surface area contributed by atoms with E-state index < -0.39 is 5.60 Å². The average Bonchev–Trinajstić information content (AvgIpc) is 2.74. The summed E-state index contributed by atoms with van der Waals surface area (Å²) in [6.45, 7) is 8.85. The molecule has 1 aromatic heterocycles. The molecule has 5 nitrogen and oxygen atoms in total. The van der Waals surface area contributed by atoms with Crippen molar-refractivity contribution in [2.75, 3.05) is 6.54 Å². The monoisotopic (exact) mass is 253 g/mol. The van der Waals surface area contributed by atoms with Gasteiger partial charge in [-0.3, -0.25) is 0 Å². The van der Waals surface area contributed by atoms with Crippen LogP contribution < -0.4 is 10.6 Å². The molecule has 1 heterocycles. The molecule has 0 spiro atoms. The number of nitrogens with one attached hydrogen (secondary N) is 3. The number of hydrogen-bond donors (Lipinski definition) is 3. The average molecular weight is 253 g/mol. The Morgan fingerprint density at radius 2 is 2.22 bits per heavy atom. The number of ether oxygens (including phenoxy) is 1. The summed E-state index contributed by atoms with van der Waals surface area (Å²) in [5, 5.41) is 6.04. The second-order valence-electron chi connectivity index (χ2n) is 5.36. The first kappa shape index (κ1) is 14.6. The van der Waals surface area contributed by atoms with Gasteiger partial charge in [0.05, 0.1) is 0 Å². The van der Waals surface area contributed by atoms with Crippen LogP contribution in [0.1, 0.15) is 33.4 Å².